The highest BCUT2D eigenvalue weighted by Gasteiger charge is 2.08. The molecule has 0 fully saturated rings. The molecule has 0 bridgehead atoms. The minimum absolute atomic E-state index is 0.00488. The fourth-order valence-corrected chi connectivity index (χ4v) is 2.78. The van der Waals surface area contributed by atoms with Crippen LogP contribution in [0.3, 0.4) is 0 Å². The number of halogens is 2. The van der Waals surface area contributed by atoms with Crippen LogP contribution < -0.4 is 0 Å². The van der Waals surface area contributed by atoms with Crippen LogP contribution in [0.5, 0.6) is 0 Å². The molecule has 0 amide bonds. The maximum atomic E-state index is 12.9. The van der Waals surface area contributed by atoms with Crippen LogP contribution in [0, 0.1) is 11.6 Å². The van der Waals surface area contributed by atoms with E-state index >= 15 is 0 Å². The first-order chi connectivity index (χ1) is 8.16. The smallest absolute Gasteiger partial charge is 0.182 e. The highest BCUT2D eigenvalue weighted by atomic mass is 32.2. The van der Waals surface area contributed by atoms with E-state index in [2.05, 4.69) is 0 Å². The number of thiophene rings is 1. The zero-order valence-corrected chi connectivity index (χ0v) is 10.3. The third-order valence-corrected chi connectivity index (χ3v) is 3.96. The van der Waals surface area contributed by atoms with Gasteiger partial charge in [-0.2, -0.15) is 0 Å². The van der Waals surface area contributed by atoms with Gasteiger partial charge in [0.15, 0.2) is 17.4 Å². The molecule has 0 radical (unpaired) electrons. The number of benzene rings is 1. The molecule has 1 nitrogen and oxygen atoms in total. The Morgan fingerprint density at radius 2 is 2.06 bits per heavy atom. The molecule has 1 heterocycles. The standard InChI is InChI=1S/C12H8F2OS2/c13-9-4-3-8(6-10(9)14)17-7-11(15)12-2-1-5-16-12/h1-6H,7H2. The number of thioether (sulfide) groups is 1. The van der Waals surface area contributed by atoms with Crippen LogP contribution in [-0.4, -0.2) is 11.5 Å². The van der Waals surface area contributed by atoms with Gasteiger partial charge in [-0.15, -0.1) is 23.1 Å². The van der Waals surface area contributed by atoms with Gasteiger partial charge >= 0.3 is 0 Å². The summed E-state index contributed by atoms with van der Waals surface area (Å²) >= 11 is 2.57. The second kappa shape index (κ2) is 5.42. The van der Waals surface area contributed by atoms with Crippen LogP contribution >= 0.6 is 23.1 Å². The predicted molar refractivity (Wildman–Crippen MR) is 65.7 cm³/mol. The topological polar surface area (TPSA) is 17.1 Å². The van der Waals surface area contributed by atoms with Gasteiger partial charge in [-0.05, 0) is 29.6 Å². The molecule has 2 rings (SSSR count). The fourth-order valence-electron chi connectivity index (χ4n) is 1.22. The maximum absolute atomic E-state index is 12.9. The van der Waals surface area contributed by atoms with Crippen molar-refractivity contribution in [1.29, 1.82) is 0 Å². The first-order valence-electron chi connectivity index (χ1n) is 4.81. The Morgan fingerprint density at radius 1 is 1.24 bits per heavy atom. The van der Waals surface area contributed by atoms with Gasteiger partial charge in [-0.3, -0.25) is 4.79 Å². The minimum atomic E-state index is -0.890. The third kappa shape index (κ3) is 3.14. The summed E-state index contributed by atoms with van der Waals surface area (Å²) in [5, 5.41) is 1.83. The SMILES string of the molecule is O=C(CSc1ccc(F)c(F)c1)c1cccs1. The number of ketones is 1. The number of hydrogen-bond donors (Lipinski definition) is 0. The first kappa shape index (κ1) is 12.3. The summed E-state index contributed by atoms with van der Waals surface area (Å²) in [6.45, 7) is 0. The van der Waals surface area contributed by atoms with E-state index in [0.29, 0.717) is 9.77 Å². The van der Waals surface area contributed by atoms with E-state index in [4.69, 9.17) is 0 Å². The molecule has 0 saturated heterocycles. The number of hydrogen-bond acceptors (Lipinski definition) is 3. The summed E-state index contributed by atoms with van der Waals surface area (Å²) in [6.07, 6.45) is 0. The molecule has 0 aliphatic rings. The van der Waals surface area contributed by atoms with Crippen molar-refractivity contribution in [2.45, 2.75) is 4.90 Å². The molecule has 1 aromatic carbocycles. The van der Waals surface area contributed by atoms with Crippen LogP contribution in [0.25, 0.3) is 0 Å². The maximum Gasteiger partial charge on any atom is 0.182 e. The highest BCUT2D eigenvalue weighted by molar-refractivity contribution is 8.00. The summed E-state index contributed by atoms with van der Waals surface area (Å²) in [7, 11) is 0. The van der Waals surface area contributed by atoms with Crippen LogP contribution in [0.1, 0.15) is 9.67 Å². The molecule has 0 spiro atoms. The Morgan fingerprint density at radius 3 is 2.71 bits per heavy atom. The fraction of sp³-hybridized carbons (Fsp3) is 0.0833. The first-order valence-corrected chi connectivity index (χ1v) is 6.68. The molecule has 0 atom stereocenters. The van der Waals surface area contributed by atoms with Crippen molar-refractivity contribution >= 4 is 28.9 Å². The van der Waals surface area contributed by atoms with E-state index in [-0.39, 0.29) is 11.5 Å². The average Bonchev–Trinajstić information content (AvgIpc) is 2.84. The Balaban J connectivity index is 1.98. The van der Waals surface area contributed by atoms with Gasteiger partial charge in [-0.1, -0.05) is 6.07 Å². The molecule has 0 unspecified atom stereocenters. The molecule has 2 aromatic rings. The minimum Gasteiger partial charge on any atom is -0.292 e. The second-order valence-electron chi connectivity index (χ2n) is 3.27. The number of Topliss-reactive ketones (excluding diaryl/α,β-unsaturated/α-hetero) is 1. The quantitative estimate of drug-likeness (QED) is 0.617. The summed E-state index contributed by atoms with van der Waals surface area (Å²) in [5.41, 5.74) is 0. The molecular formula is C12H8F2OS2. The van der Waals surface area contributed by atoms with Crippen molar-refractivity contribution in [3.05, 3.63) is 52.2 Å². The van der Waals surface area contributed by atoms with Crippen molar-refractivity contribution in [2.75, 3.05) is 5.75 Å². The molecule has 0 saturated carbocycles. The monoisotopic (exact) mass is 270 g/mol. The van der Waals surface area contributed by atoms with Crippen molar-refractivity contribution in [3.8, 4) is 0 Å². The van der Waals surface area contributed by atoms with E-state index in [1.54, 1.807) is 12.1 Å². The Bertz CT molecular complexity index is 523. The summed E-state index contributed by atoms with van der Waals surface area (Å²) < 4.78 is 25.6. The lowest BCUT2D eigenvalue weighted by Crippen LogP contribution is -1.99. The zero-order chi connectivity index (χ0) is 12.3. The van der Waals surface area contributed by atoms with Gasteiger partial charge in [0.2, 0.25) is 0 Å². The van der Waals surface area contributed by atoms with E-state index in [1.165, 1.54) is 29.2 Å². The van der Waals surface area contributed by atoms with E-state index in [9.17, 15) is 13.6 Å². The highest BCUT2D eigenvalue weighted by Crippen LogP contribution is 2.22. The lowest BCUT2D eigenvalue weighted by molar-refractivity contribution is 0.102. The van der Waals surface area contributed by atoms with E-state index in [0.717, 1.165) is 12.1 Å². The second-order valence-corrected chi connectivity index (χ2v) is 5.26. The van der Waals surface area contributed by atoms with Crippen LogP contribution in [0.15, 0.2) is 40.6 Å². The largest absolute Gasteiger partial charge is 0.292 e. The zero-order valence-electron chi connectivity index (χ0n) is 8.65. The molecular weight excluding hydrogens is 262 g/mol. The molecule has 0 N–H and O–H groups in total. The average molecular weight is 270 g/mol. The van der Waals surface area contributed by atoms with Crippen molar-refractivity contribution in [2.24, 2.45) is 0 Å². The molecule has 17 heavy (non-hydrogen) atoms. The van der Waals surface area contributed by atoms with Crippen LogP contribution in [0.2, 0.25) is 0 Å². The lowest BCUT2D eigenvalue weighted by atomic mass is 10.3. The van der Waals surface area contributed by atoms with Gasteiger partial charge in [-0.25, -0.2) is 8.78 Å². The van der Waals surface area contributed by atoms with Crippen molar-refractivity contribution in [3.63, 3.8) is 0 Å². The molecule has 0 aliphatic carbocycles. The van der Waals surface area contributed by atoms with Gasteiger partial charge in [0.05, 0.1) is 10.6 Å². The Kier molecular flexibility index (Phi) is 3.91. The predicted octanol–water partition coefficient (Wildman–Crippen LogP) is 4.00. The van der Waals surface area contributed by atoms with E-state index < -0.39 is 11.6 Å². The third-order valence-electron chi connectivity index (χ3n) is 2.06. The van der Waals surface area contributed by atoms with Crippen molar-refractivity contribution < 1.29 is 13.6 Å². The molecule has 1 aromatic heterocycles. The Hall–Kier alpha value is -1.20. The van der Waals surface area contributed by atoms with Crippen LogP contribution in [0.4, 0.5) is 8.78 Å². The normalized spacial score (nSPS) is 10.5. The summed E-state index contributed by atoms with van der Waals surface area (Å²) in [5.74, 6) is -1.54. The van der Waals surface area contributed by atoms with Crippen LogP contribution in [-0.2, 0) is 0 Å². The molecule has 0 aliphatic heterocycles. The van der Waals surface area contributed by atoms with Gasteiger partial charge < -0.3 is 0 Å². The van der Waals surface area contributed by atoms with E-state index in [1.807, 2.05) is 5.38 Å². The number of carbonyl (C=O) groups is 1. The molecule has 5 heteroatoms. The Labute approximate surface area is 105 Å². The lowest BCUT2D eigenvalue weighted by Gasteiger charge is -2.00. The molecule has 88 valence electrons. The van der Waals surface area contributed by atoms with Gasteiger partial charge in [0, 0.05) is 4.90 Å². The summed E-state index contributed by atoms with van der Waals surface area (Å²) in [6, 6.07) is 7.18. The summed E-state index contributed by atoms with van der Waals surface area (Å²) in [4.78, 5) is 12.9. The van der Waals surface area contributed by atoms with Gasteiger partial charge in [0.1, 0.15) is 0 Å². The number of carbonyl (C=O) groups excluding carboxylic acids is 1. The number of rotatable bonds is 4. The van der Waals surface area contributed by atoms with Crippen molar-refractivity contribution in [1.82, 2.24) is 0 Å². The van der Waals surface area contributed by atoms with Gasteiger partial charge in [0.25, 0.3) is 0 Å².